The first-order valence-corrected chi connectivity index (χ1v) is 6.79. The van der Waals surface area contributed by atoms with Gasteiger partial charge in [-0.3, -0.25) is 0 Å². The van der Waals surface area contributed by atoms with Crippen molar-refractivity contribution in [3.8, 4) is 0 Å². The Bertz CT molecular complexity index is 119. The summed E-state index contributed by atoms with van der Waals surface area (Å²) in [5.74, 6) is 0. The van der Waals surface area contributed by atoms with Gasteiger partial charge in [0.05, 0.1) is 0 Å². The van der Waals surface area contributed by atoms with Crippen LogP contribution < -0.4 is 0 Å². The summed E-state index contributed by atoms with van der Waals surface area (Å²) in [6.07, 6.45) is 0. The van der Waals surface area contributed by atoms with Gasteiger partial charge in [-0.15, -0.1) is 0 Å². The maximum Gasteiger partial charge on any atom is 0.272 e. The van der Waals surface area contributed by atoms with Crippen LogP contribution in [-0.4, -0.2) is 19.3 Å². The first-order chi connectivity index (χ1) is 4.19. The lowest BCUT2D eigenvalue weighted by Gasteiger charge is -2.28. The molecule has 0 rings (SSSR count). The van der Waals surface area contributed by atoms with Crippen LogP contribution in [0.25, 0.3) is 0 Å². The second-order valence-electron chi connectivity index (χ2n) is 3.17. The Kier molecular flexibility index (Phi) is 2.82. The van der Waals surface area contributed by atoms with Crippen LogP contribution in [0.1, 0.15) is 0 Å². The summed E-state index contributed by atoms with van der Waals surface area (Å²) < 4.78 is 37.2. The van der Waals surface area contributed by atoms with Crippen LogP contribution in [-0.2, 0) is 0 Å². The lowest BCUT2D eigenvalue weighted by atomic mass is 10.8. The topological polar surface area (TPSA) is 0 Å². The van der Waals surface area contributed by atoms with Crippen molar-refractivity contribution in [1.29, 1.82) is 0 Å². The third-order valence-corrected chi connectivity index (χ3v) is 3.98. The van der Waals surface area contributed by atoms with Gasteiger partial charge in [-0.2, -0.15) is 0 Å². The quantitative estimate of drug-likeness (QED) is 0.464. The Morgan fingerprint density at radius 1 is 1.30 bits per heavy atom. The van der Waals surface area contributed by atoms with Crippen molar-refractivity contribution in [2.45, 2.75) is 30.8 Å². The molecule has 1 unspecified atom stereocenters. The van der Waals surface area contributed by atoms with Crippen molar-refractivity contribution in [3.63, 3.8) is 0 Å². The van der Waals surface area contributed by atoms with Crippen molar-refractivity contribution in [3.05, 3.63) is 0 Å². The van der Waals surface area contributed by atoms with Gasteiger partial charge in [-0.05, 0) is 0 Å². The zero-order valence-corrected chi connectivity index (χ0v) is 7.85. The molecule has 0 amide bonds. The maximum absolute atomic E-state index is 12.6. The number of hydrogen-bond acceptors (Lipinski definition) is 0. The fourth-order valence-electron chi connectivity index (χ4n) is 0.327. The SMILES string of the molecule is C[Si](C)(C)C(F)(F)C(F)Cl. The molecule has 0 aromatic rings. The van der Waals surface area contributed by atoms with Crippen LogP contribution in [0.4, 0.5) is 13.2 Å². The van der Waals surface area contributed by atoms with E-state index in [1.54, 1.807) is 0 Å². The van der Waals surface area contributed by atoms with Crippen LogP contribution in [0, 0.1) is 0 Å². The highest BCUT2D eigenvalue weighted by Gasteiger charge is 2.51. The highest BCUT2D eigenvalue weighted by molar-refractivity contribution is 6.79. The first-order valence-electron chi connectivity index (χ1n) is 2.85. The van der Waals surface area contributed by atoms with E-state index in [0.717, 1.165) is 0 Å². The predicted molar refractivity (Wildman–Crippen MR) is 39.0 cm³/mol. The molecular weight excluding hydrogens is 181 g/mol. The standard InChI is InChI=1S/C5H10ClF3Si/c1-10(2,3)5(8,9)4(6)7/h4H,1-3H3. The largest absolute Gasteiger partial charge is 0.272 e. The number of rotatable bonds is 2. The third-order valence-electron chi connectivity index (χ3n) is 1.27. The summed E-state index contributed by atoms with van der Waals surface area (Å²) >= 11 is 4.67. The molecule has 0 saturated carbocycles. The molecular formula is C5H10ClF3Si. The van der Waals surface area contributed by atoms with Crippen molar-refractivity contribution in [2.75, 3.05) is 0 Å². The number of hydrogen-bond donors (Lipinski definition) is 0. The Morgan fingerprint density at radius 3 is 1.60 bits per heavy atom. The van der Waals surface area contributed by atoms with E-state index in [2.05, 4.69) is 11.6 Å². The maximum atomic E-state index is 12.6. The molecule has 0 saturated heterocycles. The molecule has 0 aromatic heterocycles. The fourth-order valence-corrected chi connectivity index (χ4v) is 1.96. The van der Waals surface area contributed by atoms with Gasteiger partial charge >= 0.3 is 0 Å². The van der Waals surface area contributed by atoms with Gasteiger partial charge < -0.3 is 0 Å². The van der Waals surface area contributed by atoms with Gasteiger partial charge in [-0.1, -0.05) is 31.2 Å². The molecule has 62 valence electrons. The Balaban J connectivity index is 4.40. The van der Waals surface area contributed by atoms with Gasteiger partial charge in [0.15, 0.2) is 0 Å². The second-order valence-corrected chi connectivity index (χ2v) is 8.72. The average Bonchev–Trinajstić information content (AvgIpc) is 1.62. The van der Waals surface area contributed by atoms with Gasteiger partial charge in [0.1, 0.15) is 8.07 Å². The van der Waals surface area contributed by atoms with Crippen LogP contribution in [0.3, 0.4) is 0 Å². The van der Waals surface area contributed by atoms with Crippen LogP contribution in [0.2, 0.25) is 19.6 Å². The zero-order chi connectivity index (χ0) is 8.58. The molecule has 0 nitrogen and oxygen atoms in total. The summed E-state index contributed by atoms with van der Waals surface area (Å²) in [5.41, 5.74) is -5.87. The molecule has 0 heterocycles. The van der Waals surface area contributed by atoms with Crippen LogP contribution in [0.15, 0.2) is 0 Å². The lowest BCUT2D eigenvalue weighted by Crippen LogP contribution is -2.49. The molecule has 0 fully saturated rings. The van der Waals surface area contributed by atoms with Gasteiger partial charge in [0, 0.05) is 0 Å². The third kappa shape index (κ3) is 1.89. The van der Waals surface area contributed by atoms with E-state index in [1.807, 2.05) is 0 Å². The van der Waals surface area contributed by atoms with Gasteiger partial charge in [0.25, 0.3) is 5.55 Å². The normalized spacial score (nSPS) is 17.1. The summed E-state index contributed by atoms with van der Waals surface area (Å²) in [7, 11) is -2.79. The number of halogens is 4. The van der Waals surface area contributed by atoms with E-state index < -0.39 is 19.3 Å². The molecule has 0 aliphatic carbocycles. The summed E-state index contributed by atoms with van der Waals surface area (Å²) in [4.78, 5) is 0. The Hall–Kier alpha value is 0.297. The lowest BCUT2D eigenvalue weighted by molar-refractivity contribution is 0.0321. The molecule has 10 heavy (non-hydrogen) atoms. The monoisotopic (exact) mass is 190 g/mol. The molecule has 0 radical (unpaired) electrons. The van der Waals surface area contributed by atoms with Crippen molar-refractivity contribution < 1.29 is 13.2 Å². The van der Waals surface area contributed by atoms with E-state index >= 15 is 0 Å². The molecule has 0 aromatic carbocycles. The van der Waals surface area contributed by atoms with Crippen molar-refractivity contribution >= 4 is 19.7 Å². The minimum absolute atomic E-state index is 1.38. The predicted octanol–water partition coefficient (Wildman–Crippen LogP) is 3.03. The molecule has 0 spiro atoms. The summed E-state index contributed by atoms with van der Waals surface area (Å²) in [6.45, 7) is 4.13. The highest BCUT2D eigenvalue weighted by Crippen LogP contribution is 2.34. The van der Waals surface area contributed by atoms with Gasteiger partial charge in [0.2, 0.25) is 5.63 Å². The Morgan fingerprint density at radius 2 is 1.60 bits per heavy atom. The number of alkyl halides is 4. The summed E-state index contributed by atoms with van der Waals surface area (Å²) in [6, 6.07) is 0. The summed E-state index contributed by atoms with van der Waals surface area (Å²) in [5, 5.41) is 0. The molecule has 0 N–H and O–H groups in total. The minimum atomic E-state index is -3.32. The average molecular weight is 191 g/mol. The second kappa shape index (κ2) is 2.74. The minimum Gasteiger partial charge on any atom is -0.224 e. The van der Waals surface area contributed by atoms with E-state index in [1.165, 1.54) is 19.6 Å². The Labute approximate surface area is 64.4 Å². The first kappa shape index (κ1) is 10.3. The smallest absolute Gasteiger partial charge is 0.224 e. The van der Waals surface area contributed by atoms with E-state index in [-0.39, 0.29) is 0 Å². The molecule has 0 bridgehead atoms. The van der Waals surface area contributed by atoms with Crippen molar-refractivity contribution in [2.24, 2.45) is 0 Å². The molecule has 0 aliphatic rings. The fraction of sp³-hybridized carbons (Fsp3) is 1.00. The molecule has 5 heteroatoms. The van der Waals surface area contributed by atoms with Crippen LogP contribution in [0.5, 0.6) is 0 Å². The zero-order valence-electron chi connectivity index (χ0n) is 6.09. The van der Waals surface area contributed by atoms with E-state index in [4.69, 9.17) is 0 Å². The van der Waals surface area contributed by atoms with E-state index in [9.17, 15) is 13.2 Å². The van der Waals surface area contributed by atoms with Gasteiger partial charge in [-0.25, -0.2) is 13.2 Å². The molecule has 0 aliphatic heterocycles. The van der Waals surface area contributed by atoms with Crippen molar-refractivity contribution in [1.82, 2.24) is 0 Å². The van der Waals surface area contributed by atoms with E-state index in [0.29, 0.717) is 0 Å². The molecule has 1 atom stereocenters. The van der Waals surface area contributed by atoms with Crippen LogP contribution >= 0.6 is 11.6 Å². The highest BCUT2D eigenvalue weighted by atomic mass is 35.5.